The molecule has 3 heterocycles. The van der Waals surface area contributed by atoms with E-state index in [0.717, 1.165) is 13.1 Å². The van der Waals surface area contributed by atoms with E-state index in [9.17, 15) is 4.79 Å². The zero-order valence-corrected chi connectivity index (χ0v) is 13.9. The fraction of sp³-hybridized carbons (Fsp3) is 0.632. The number of benzene rings is 1. The van der Waals surface area contributed by atoms with Gasteiger partial charge in [0.1, 0.15) is 0 Å². The molecule has 3 saturated heterocycles. The average molecular weight is 300 g/mol. The summed E-state index contributed by atoms with van der Waals surface area (Å²) in [7, 11) is 0. The molecule has 0 saturated carbocycles. The van der Waals surface area contributed by atoms with E-state index in [4.69, 9.17) is 0 Å². The molecule has 1 aromatic carbocycles. The van der Waals surface area contributed by atoms with Crippen molar-refractivity contribution in [2.75, 3.05) is 26.2 Å². The van der Waals surface area contributed by atoms with Crippen molar-refractivity contribution in [3.8, 4) is 0 Å². The third-order valence-electron chi connectivity index (χ3n) is 5.29. The van der Waals surface area contributed by atoms with E-state index in [1.807, 2.05) is 12.1 Å². The Morgan fingerprint density at radius 1 is 1.18 bits per heavy atom. The number of piperidine rings is 1. The summed E-state index contributed by atoms with van der Waals surface area (Å²) in [5.74, 6) is 0.982. The molecule has 3 aliphatic rings. The fourth-order valence-corrected chi connectivity index (χ4v) is 4.03. The lowest BCUT2D eigenvalue weighted by atomic mass is 9.95. The molecule has 4 rings (SSSR count). The molecule has 3 heteroatoms. The van der Waals surface area contributed by atoms with Gasteiger partial charge in [-0.2, -0.15) is 0 Å². The van der Waals surface area contributed by atoms with Crippen molar-refractivity contribution in [2.45, 2.75) is 45.6 Å². The first-order chi connectivity index (χ1) is 10.7. The highest BCUT2D eigenvalue weighted by molar-refractivity contribution is 5.79. The topological polar surface area (TPSA) is 23.6 Å². The molecule has 1 aromatic rings. The van der Waals surface area contributed by atoms with E-state index >= 15 is 0 Å². The quantitative estimate of drug-likeness (QED) is 0.853. The Morgan fingerprint density at radius 2 is 2.00 bits per heavy atom. The van der Waals surface area contributed by atoms with Crippen molar-refractivity contribution >= 4 is 5.91 Å². The molecule has 0 unspecified atom stereocenters. The maximum absolute atomic E-state index is 12.8. The van der Waals surface area contributed by atoms with Crippen LogP contribution >= 0.6 is 0 Å². The first-order valence-corrected chi connectivity index (χ1v) is 8.73. The van der Waals surface area contributed by atoms with Crippen LogP contribution in [0.5, 0.6) is 0 Å². The van der Waals surface area contributed by atoms with Crippen molar-refractivity contribution < 1.29 is 4.79 Å². The van der Waals surface area contributed by atoms with Gasteiger partial charge in [0.15, 0.2) is 0 Å². The van der Waals surface area contributed by atoms with Crippen molar-refractivity contribution in [2.24, 2.45) is 5.92 Å². The number of rotatable bonds is 4. The Bertz CT molecular complexity index is 528. The minimum absolute atomic E-state index is 0.310. The summed E-state index contributed by atoms with van der Waals surface area (Å²) in [5.41, 5.74) is 2.40. The molecule has 0 spiro atoms. The van der Waals surface area contributed by atoms with Gasteiger partial charge in [-0.15, -0.1) is 0 Å². The highest BCUT2D eigenvalue weighted by atomic mass is 16.2. The number of carbonyl (C=O) groups excluding carboxylic acids is 1. The molecular weight excluding hydrogens is 272 g/mol. The highest BCUT2D eigenvalue weighted by Gasteiger charge is 2.35. The molecular formula is C19H28N2O. The van der Waals surface area contributed by atoms with Crippen molar-refractivity contribution in [1.29, 1.82) is 0 Å². The van der Waals surface area contributed by atoms with Gasteiger partial charge in [0.2, 0.25) is 5.91 Å². The first-order valence-electron chi connectivity index (χ1n) is 8.73. The maximum atomic E-state index is 12.8. The summed E-state index contributed by atoms with van der Waals surface area (Å²) in [5, 5.41) is 0. The van der Waals surface area contributed by atoms with Gasteiger partial charge in [0, 0.05) is 25.7 Å². The van der Waals surface area contributed by atoms with Gasteiger partial charge in [-0.05, 0) is 49.8 Å². The molecule has 3 aliphatic heterocycles. The first kappa shape index (κ1) is 15.5. The lowest BCUT2D eigenvalue weighted by molar-refractivity contribution is -0.130. The zero-order chi connectivity index (χ0) is 15.5. The number of aryl methyl sites for hydroxylation is 1. The lowest BCUT2D eigenvalue weighted by Crippen LogP contribution is -2.44. The Labute approximate surface area is 134 Å². The summed E-state index contributed by atoms with van der Waals surface area (Å²) < 4.78 is 0. The van der Waals surface area contributed by atoms with Crippen LogP contribution in [0, 0.1) is 12.8 Å². The SMILES string of the molecule is CCCN1C[C@H]2CC[C@@H]1CN(C(=O)Cc1ccccc1C)C2. The third-order valence-corrected chi connectivity index (χ3v) is 5.29. The number of fused-ring (bicyclic) bond motifs is 4. The van der Waals surface area contributed by atoms with E-state index in [-0.39, 0.29) is 0 Å². The zero-order valence-electron chi connectivity index (χ0n) is 13.9. The van der Waals surface area contributed by atoms with E-state index in [0.29, 0.717) is 24.3 Å². The third kappa shape index (κ3) is 3.35. The second-order valence-electron chi connectivity index (χ2n) is 6.99. The normalized spacial score (nSPS) is 25.3. The van der Waals surface area contributed by atoms with Crippen LogP contribution in [-0.4, -0.2) is 47.9 Å². The Balaban J connectivity index is 1.68. The monoisotopic (exact) mass is 300 g/mol. The average Bonchev–Trinajstić information content (AvgIpc) is 2.82. The lowest BCUT2D eigenvalue weighted by Gasteiger charge is -2.35. The van der Waals surface area contributed by atoms with Crippen LogP contribution < -0.4 is 0 Å². The molecule has 120 valence electrons. The second kappa shape index (κ2) is 6.82. The second-order valence-corrected chi connectivity index (χ2v) is 6.99. The van der Waals surface area contributed by atoms with Crippen LogP contribution in [0.15, 0.2) is 24.3 Å². The number of hydrogen-bond donors (Lipinski definition) is 0. The van der Waals surface area contributed by atoms with Gasteiger partial charge in [-0.25, -0.2) is 0 Å². The van der Waals surface area contributed by atoms with Gasteiger partial charge in [0.05, 0.1) is 6.42 Å². The minimum atomic E-state index is 0.310. The molecule has 3 fully saturated rings. The molecule has 0 radical (unpaired) electrons. The van der Waals surface area contributed by atoms with Gasteiger partial charge in [-0.1, -0.05) is 31.2 Å². The Morgan fingerprint density at radius 3 is 2.77 bits per heavy atom. The highest BCUT2D eigenvalue weighted by Crippen LogP contribution is 2.28. The van der Waals surface area contributed by atoms with Crippen LogP contribution in [0.2, 0.25) is 0 Å². The summed E-state index contributed by atoms with van der Waals surface area (Å²) in [6, 6.07) is 8.84. The van der Waals surface area contributed by atoms with Crippen LogP contribution in [0.25, 0.3) is 0 Å². The van der Waals surface area contributed by atoms with Crippen LogP contribution in [-0.2, 0) is 11.2 Å². The van der Waals surface area contributed by atoms with E-state index in [1.165, 1.54) is 43.5 Å². The van der Waals surface area contributed by atoms with Crippen molar-refractivity contribution in [3.05, 3.63) is 35.4 Å². The predicted molar refractivity (Wildman–Crippen MR) is 89.8 cm³/mol. The van der Waals surface area contributed by atoms with E-state index in [2.05, 4.69) is 35.8 Å². The van der Waals surface area contributed by atoms with Gasteiger partial charge in [-0.3, -0.25) is 9.69 Å². The number of amides is 1. The van der Waals surface area contributed by atoms with E-state index < -0.39 is 0 Å². The molecule has 0 aromatic heterocycles. The van der Waals surface area contributed by atoms with Gasteiger partial charge in [0.25, 0.3) is 0 Å². The number of hydrogen-bond acceptors (Lipinski definition) is 2. The molecule has 22 heavy (non-hydrogen) atoms. The molecule has 0 aliphatic carbocycles. The fourth-order valence-electron chi connectivity index (χ4n) is 4.03. The van der Waals surface area contributed by atoms with Crippen LogP contribution in [0.3, 0.4) is 0 Å². The predicted octanol–water partition coefficient (Wildman–Crippen LogP) is 2.87. The minimum Gasteiger partial charge on any atom is -0.341 e. The molecule has 2 bridgehead atoms. The largest absolute Gasteiger partial charge is 0.341 e. The Kier molecular flexibility index (Phi) is 4.82. The smallest absolute Gasteiger partial charge is 0.227 e. The van der Waals surface area contributed by atoms with Crippen molar-refractivity contribution in [3.63, 3.8) is 0 Å². The number of nitrogens with zero attached hydrogens (tertiary/aromatic N) is 2. The molecule has 3 nitrogen and oxygen atoms in total. The van der Waals surface area contributed by atoms with Crippen LogP contribution in [0.1, 0.15) is 37.3 Å². The summed E-state index contributed by atoms with van der Waals surface area (Å²) in [6.45, 7) is 8.60. The van der Waals surface area contributed by atoms with Gasteiger partial charge >= 0.3 is 0 Å². The summed E-state index contributed by atoms with van der Waals surface area (Å²) >= 11 is 0. The van der Waals surface area contributed by atoms with Gasteiger partial charge < -0.3 is 4.90 Å². The molecule has 0 N–H and O–H groups in total. The maximum Gasteiger partial charge on any atom is 0.227 e. The van der Waals surface area contributed by atoms with E-state index in [1.54, 1.807) is 0 Å². The molecule has 2 atom stereocenters. The standard InChI is InChI=1S/C19H28N2O/c1-3-10-20-12-16-8-9-18(20)14-21(13-16)19(22)11-17-7-5-4-6-15(17)2/h4-7,16,18H,3,8-14H2,1-2H3/t16-,18-/m1/s1. The number of carbonyl (C=O) groups is 1. The molecule has 1 amide bonds. The van der Waals surface area contributed by atoms with Crippen LogP contribution in [0.4, 0.5) is 0 Å². The summed E-state index contributed by atoms with van der Waals surface area (Å²) in [6.07, 6.45) is 4.32. The Hall–Kier alpha value is -1.35. The van der Waals surface area contributed by atoms with Crippen molar-refractivity contribution in [1.82, 2.24) is 9.80 Å². The summed E-state index contributed by atoms with van der Waals surface area (Å²) in [4.78, 5) is 17.5.